The van der Waals surface area contributed by atoms with Crippen LogP contribution in [0.15, 0.2) is 30.4 Å². The first-order valence-electron chi connectivity index (χ1n) is 6.87. The minimum atomic E-state index is 0.167. The van der Waals surface area contributed by atoms with E-state index in [1.807, 2.05) is 32.2 Å². The fourth-order valence-corrected chi connectivity index (χ4v) is 2.10. The average molecular weight is 262 g/mol. The van der Waals surface area contributed by atoms with E-state index in [1.54, 1.807) is 0 Å². The van der Waals surface area contributed by atoms with Crippen LogP contribution in [-0.4, -0.2) is 25.2 Å². The monoisotopic (exact) mass is 262 g/mol. The molecule has 1 atom stereocenters. The smallest absolute Gasteiger partial charge is 0.122 e. The molecule has 19 heavy (non-hydrogen) atoms. The number of phenols is 1. The number of phenolic OH excluding ortho intramolecular Hbond substituents is 1. The molecule has 0 heterocycles. The second kappa shape index (κ2) is 7.19. The van der Waals surface area contributed by atoms with Crippen LogP contribution in [0, 0.1) is 0 Å². The van der Waals surface area contributed by atoms with E-state index in [9.17, 15) is 5.11 Å². The first kappa shape index (κ1) is 15.6. The number of likely N-dealkylation sites (N-methyl/N-ethyl adjacent to an activating group) is 1. The van der Waals surface area contributed by atoms with Crippen LogP contribution in [0.5, 0.6) is 5.75 Å². The third kappa shape index (κ3) is 4.60. The Kier molecular flexibility index (Phi) is 5.90. The number of aromatic hydroxyl groups is 1. The molecule has 1 aromatic rings. The Morgan fingerprint density at radius 2 is 2.16 bits per heavy atom. The Morgan fingerprint density at radius 3 is 2.68 bits per heavy atom. The van der Waals surface area contributed by atoms with E-state index in [4.69, 9.17) is 0 Å². The van der Waals surface area contributed by atoms with Crippen LogP contribution in [0.3, 0.4) is 0 Å². The average Bonchev–Trinajstić information content (AvgIpc) is 2.34. The fraction of sp³-hybridized carbons (Fsp3) is 0.500. The summed E-state index contributed by atoms with van der Waals surface area (Å²) in [6.07, 6.45) is 1.09. The first-order valence-corrected chi connectivity index (χ1v) is 6.87. The molecule has 0 amide bonds. The van der Waals surface area contributed by atoms with Crippen molar-refractivity contribution in [3.8, 4) is 5.75 Å². The van der Waals surface area contributed by atoms with Crippen molar-refractivity contribution in [2.24, 2.45) is 0 Å². The number of rotatable bonds is 7. The molecule has 3 heteroatoms. The summed E-state index contributed by atoms with van der Waals surface area (Å²) in [5.74, 6) is 0.349. The van der Waals surface area contributed by atoms with Crippen LogP contribution in [0.1, 0.15) is 38.8 Å². The molecule has 0 aliphatic carbocycles. The van der Waals surface area contributed by atoms with E-state index in [0.717, 1.165) is 36.3 Å². The summed E-state index contributed by atoms with van der Waals surface area (Å²) < 4.78 is 0. The van der Waals surface area contributed by atoms with Crippen molar-refractivity contribution in [3.05, 3.63) is 35.9 Å². The van der Waals surface area contributed by atoms with Crippen molar-refractivity contribution in [2.75, 3.05) is 25.0 Å². The molecule has 1 rings (SSSR count). The summed E-state index contributed by atoms with van der Waals surface area (Å²) in [5.41, 5.74) is 3.05. The van der Waals surface area contributed by atoms with Gasteiger partial charge in [-0.1, -0.05) is 25.1 Å². The molecule has 0 saturated carbocycles. The van der Waals surface area contributed by atoms with E-state index in [1.165, 1.54) is 0 Å². The Balaban J connectivity index is 2.81. The molecular formula is C16H26N2O. The number of anilines is 1. The van der Waals surface area contributed by atoms with Gasteiger partial charge in [0.2, 0.25) is 0 Å². The molecular weight excluding hydrogens is 236 g/mol. The molecule has 2 N–H and O–H groups in total. The Labute approximate surface area is 116 Å². The molecule has 1 unspecified atom stereocenters. The first-order chi connectivity index (χ1) is 8.95. The summed E-state index contributed by atoms with van der Waals surface area (Å²) in [6.45, 7) is 11.9. The standard InChI is InChI=1S/C16H26N2O/c1-6-9-17-13(4)15-8-7-14(10-16(15)19)18(5)11-12(2)3/h7-8,10,13,17,19H,2,6,9,11H2,1,3-5H3. The fourth-order valence-electron chi connectivity index (χ4n) is 2.10. The number of nitrogens with zero attached hydrogens (tertiary/aromatic N) is 1. The predicted molar refractivity (Wildman–Crippen MR) is 82.9 cm³/mol. The van der Waals surface area contributed by atoms with Crippen molar-refractivity contribution in [3.63, 3.8) is 0 Å². The molecule has 106 valence electrons. The predicted octanol–water partition coefficient (Wildman–Crippen LogP) is 3.47. The normalized spacial score (nSPS) is 12.2. The highest BCUT2D eigenvalue weighted by molar-refractivity contribution is 5.54. The molecule has 0 aliphatic heterocycles. The van der Waals surface area contributed by atoms with Gasteiger partial charge in [-0.3, -0.25) is 0 Å². The summed E-state index contributed by atoms with van der Waals surface area (Å²) in [6, 6.07) is 6.03. The topological polar surface area (TPSA) is 35.5 Å². The van der Waals surface area contributed by atoms with Gasteiger partial charge in [-0.15, -0.1) is 0 Å². The van der Waals surface area contributed by atoms with Gasteiger partial charge in [-0.2, -0.15) is 0 Å². The summed E-state index contributed by atoms with van der Waals surface area (Å²) >= 11 is 0. The second-order valence-electron chi connectivity index (χ2n) is 5.23. The van der Waals surface area contributed by atoms with Gasteiger partial charge in [0.05, 0.1) is 0 Å². The van der Waals surface area contributed by atoms with Gasteiger partial charge in [-0.05, 0) is 32.9 Å². The minimum Gasteiger partial charge on any atom is -0.508 e. The van der Waals surface area contributed by atoms with Crippen LogP contribution in [0.4, 0.5) is 5.69 Å². The Bertz CT molecular complexity index is 429. The zero-order chi connectivity index (χ0) is 14.4. The van der Waals surface area contributed by atoms with E-state index in [-0.39, 0.29) is 6.04 Å². The highest BCUT2D eigenvalue weighted by atomic mass is 16.3. The zero-order valence-corrected chi connectivity index (χ0v) is 12.5. The van der Waals surface area contributed by atoms with Crippen molar-refractivity contribution < 1.29 is 5.11 Å². The molecule has 0 bridgehead atoms. The third-order valence-corrected chi connectivity index (χ3v) is 3.13. The maximum atomic E-state index is 10.2. The van der Waals surface area contributed by atoms with Crippen LogP contribution in [-0.2, 0) is 0 Å². The maximum Gasteiger partial charge on any atom is 0.122 e. The van der Waals surface area contributed by atoms with Crippen LogP contribution in [0.2, 0.25) is 0 Å². The molecule has 3 nitrogen and oxygen atoms in total. The van der Waals surface area contributed by atoms with E-state index < -0.39 is 0 Å². The lowest BCUT2D eigenvalue weighted by Crippen LogP contribution is -2.21. The molecule has 1 aromatic carbocycles. The molecule has 0 aliphatic rings. The zero-order valence-electron chi connectivity index (χ0n) is 12.5. The van der Waals surface area contributed by atoms with Gasteiger partial charge in [0.15, 0.2) is 0 Å². The maximum absolute atomic E-state index is 10.2. The minimum absolute atomic E-state index is 0.167. The van der Waals surface area contributed by atoms with Gasteiger partial charge in [0.25, 0.3) is 0 Å². The molecule has 0 aromatic heterocycles. The van der Waals surface area contributed by atoms with E-state index in [2.05, 4.69) is 30.6 Å². The molecule has 0 spiro atoms. The van der Waals surface area contributed by atoms with Crippen molar-refractivity contribution in [1.29, 1.82) is 0 Å². The quantitative estimate of drug-likeness (QED) is 0.739. The summed E-state index contributed by atoms with van der Waals surface area (Å²) in [7, 11) is 2.00. The molecule has 0 radical (unpaired) electrons. The van der Waals surface area contributed by atoms with Crippen molar-refractivity contribution >= 4 is 5.69 Å². The highest BCUT2D eigenvalue weighted by Gasteiger charge is 2.11. The summed E-state index contributed by atoms with van der Waals surface area (Å²) in [5, 5.41) is 13.5. The SMILES string of the molecule is C=C(C)CN(C)c1ccc(C(C)NCCC)c(O)c1. The lowest BCUT2D eigenvalue weighted by atomic mass is 10.1. The lowest BCUT2D eigenvalue weighted by molar-refractivity contribution is 0.452. The Hall–Kier alpha value is -1.48. The van der Waals surface area contributed by atoms with Gasteiger partial charge >= 0.3 is 0 Å². The Morgan fingerprint density at radius 1 is 1.47 bits per heavy atom. The number of benzene rings is 1. The second-order valence-corrected chi connectivity index (χ2v) is 5.23. The van der Waals surface area contributed by atoms with Crippen molar-refractivity contribution in [1.82, 2.24) is 5.32 Å². The third-order valence-electron chi connectivity index (χ3n) is 3.13. The lowest BCUT2D eigenvalue weighted by Gasteiger charge is -2.21. The number of hydrogen-bond acceptors (Lipinski definition) is 3. The number of nitrogens with one attached hydrogen (secondary N) is 1. The van der Waals surface area contributed by atoms with Crippen LogP contribution >= 0.6 is 0 Å². The number of hydrogen-bond donors (Lipinski definition) is 2. The van der Waals surface area contributed by atoms with E-state index in [0.29, 0.717) is 5.75 Å². The van der Waals surface area contributed by atoms with Gasteiger partial charge < -0.3 is 15.3 Å². The largest absolute Gasteiger partial charge is 0.508 e. The van der Waals surface area contributed by atoms with Gasteiger partial charge in [0.1, 0.15) is 5.75 Å². The van der Waals surface area contributed by atoms with Gasteiger partial charge in [0, 0.05) is 37.0 Å². The molecule has 0 saturated heterocycles. The van der Waals surface area contributed by atoms with Crippen LogP contribution in [0.25, 0.3) is 0 Å². The molecule has 0 fully saturated rings. The van der Waals surface area contributed by atoms with Crippen LogP contribution < -0.4 is 10.2 Å². The van der Waals surface area contributed by atoms with Crippen molar-refractivity contribution in [2.45, 2.75) is 33.2 Å². The highest BCUT2D eigenvalue weighted by Crippen LogP contribution is 2.28. The van der Waals surface area contributed by atoms with E-state index >= 15 is 0 Å². The summed E-state index contributed by atoms with van der Waals surface area (Å²) in [4.78, 5) is 2.08. The van der Waals surface area contributed by atoms with Gasteiger partial charge in [-0.25, -0.2) is 0 Å².